The first-order valence-corrected chi connectivity index (χ1v) is 9.36. The fourth-order valence-electron chi connectivity index (χ4n) is 2.46. The lowest BCUT2D eigenvalue weighted by atomic mass is 10.2. The number of hydrogen-bond donors (Lipinski definition) is 2. The number of hydrogen-bond acceptors (Lipinski definition) is 7. The van der Waals surface area contributed by atoms with Crippen molar-refractivity contribution in [3.05, 3.63) is 29.8 Å². The second-order valence-electron chi connectivity index (χ2n) is 5.47. The molecule has 0 aliphatic rings. The van der Waals surface area contributed by atoms with Gasteiger partial charge in [0.05, 0.1) is 36.5 Å². The van der Waals surface area contributed by atoms with Crippen LogP contribution in [0.4, 0.5) is 5.69 Å². The van der Waals surface area contributed by atoms with Crippen LogP contribution in [0, 0.1) is 0 Å². The summed E-state index contributed by atoms with van der Waals surface area (Å²) in [5, 5.41) is 3.54. The number of anilines is 1. The number of nitrogens with one attached hydrogen (secondary N) is 2. The van der Waals surface area contributed by atoms with E-state index in [4.69, 9.17) is 21.1 Å². The Bertz CT molecular complexity index is 965. The Morgan fingerprint density at radius 2 is 2.04 bits per heavy atom. The third-order valence-electron chi connectivity index (χ3n) is 3.84. The van der Waals surface area contributed by atoms with Gasteiger partial charge in [0, 0.05) is 6.07 Å². The summed E-state index contributed by atoms with van der Waals surface area (Å²) in [6.07, 6.45) is 3.58. The van der Waals surface area contributed by atoms with Gasteiger partial charge in [-0.1, -0.05) is 30.3 Å². The zero-order valence-corrected chi connectivity index (χ0v) is 16.5. The van der Waals surface area contributed by atoms with Gasteiger partial charge in [-0.3, -0.25) is 4.79 Å². The van der Waals surface area contributed by atoms with Crippen molar-refractivity contribution in [3.63, 3.8) is 0 Å². The number of halogens is 1. The van der Waals surface area contributed by atoms with Crippen molar-refractivity contribution < 1.29 is 14.3 Å². The van der Waals surface area contributed by atoms with E-state index in [9.17, 15) is 4.79 Å². The molecule has 2 N–H and O–H groups in total. The zero-order valence-electron chi connectivity index (χ0n) is 14.9. The van der Waals surface area contributed by atoms with Crippen LogP contribution < -0.4 is 14.8 Å². The van der Waals surface area contributed by atoms with Crippen molar-refractivity contribution >= 4 is 46.1 Å². The van der Waals surface area contributed by atoms with Crippen molar-refractivity contribution in [2.24, 2.45) is 0 Å². The van der Waals surface area contributed by atoms with Crippen molar-refractivity contribution in [2.45, 2.75) is 23.6 Å². The summed E-state index contributed by atoms with van der Waals surface area (Å²) in [7, 11) is 3.03. The van der Waals surface area contributed by atoms with Gasteiger partial charge < -0.3 is 19.8 Å². The number of benzene rings is 1. The quantitative estimate of drug-likeness (QED) is 0.456. The molecule has 0 saturated carbocycles. The van der Waals surface area contributed by atoms with E-state index in [0.717, 1.165) is 0 Å². The zero-order chi connectivity index (χ0) is 19.4. The summed E-state index contributed by atoms with van der Waals surface area (Å²) in [5.41, 5.74) is 1.74. The Balaban J connectivity index is 1.82. The fourth-order valence-corrected chi connectivity index (χ4v) is 3.68. The summed E-state index contributed by atoms with van der Waals surface area (Å²) in [6.45, 7) is 1.93. The molecule has 27 heavy (non-hydrogen) atoms. The number of aromatic nitrogens is 4. The number of carbonyl (C=O) groups is 1. The van der Waals surface area contributed by atoms with Crippen molar-refractivity contribution in [1.29, 1.82) is 0 Å². The highest BCUT2D eigenvalue weighted by molar-refractivity contribution is 8.00. The molecule has 1 amide bonds. The van der Waals surface area contributed by atoms with E-state index in [2.05, 4.69) is 25.3 Å². The van der Waals surface area contributed by atoms with Crippen LogP contribution in [0.2, 0.25) is 5.02 Å². The summed E-state index contributed by atoms with van der Waals surface area (Å²) < 4.78 is 10.5. The molecule has 0 aliphatic carbocycles. The minimum Gasteiger partial charge on any atom is -0.495 e. The first kappa shape index (κ1) is 19.2. The predicted octanol–water partition coefficient (Wildman–Crippen LogP) is 3.53. The molecule has 3 aromatic rings. The minimum atomic E-state index is -0.378. The smallest absolute Gasteiger partial charge is 0.238 e. The SMILES string of the molecule is CC[C@H](Sc1ncnc2nc[nH]c12)C(=O)Nc1cc(Cl)c(OC)cc1OC. The number of imidazole rings is 1. The molecule has 0 fully saturated rings. The van der Waals surface area contributed by atoms with Crippen LogP contribution in [0.5, 0.6) is 11.5 Å². The largest absolute Gasteiger partial charge is 0.495 e. The number of amides is 1. The normalized spacial score (nSPS) is 12.0. The van der Waals surface area contributed by atoms with Crippen molar-refractivity contribution in [2.75, 3.05) is 19.5 Å². The number of thioether (sulfide) groups is 1. The first-order valence-electron chi connectivity index (χ1n) is 8.10. The molecule has 1 aromatic carbocycles. The highest BCUT2D eigenvalue weighted by Gasteiger charge is 2.22. The second-order valence-corrected chi connectivity index (χ2v) is 7.07. The summed E-state index contributed by atoms with van der Waals surface area (Å²) in [6, 6.07) is 3.23. The molecular weight excluding hydrogens is 390 g/mol. The first-order chi connectivity index (χ1) is 13.1. The molecule has 0 unspecified atom stereocenters. The molecule has 3 rings (SSSR count). The average molecular weight is 408 g/mol. The molecule has 0 radical (unpaired) electrons. The van der Waals surface area contributed by atoms with E-state index < -0.39 is 0 Å². The van der Waals surface area contributed by atoms with Crippen LogP contribution in [0.25, 0.3) is 11.2 Å². The highest BCUT2D eigenvalue weighted by Crippen LogP contribution is 2.37. The van der Waals surface area contributed by atoms with Gasteiger partial charge in [-0.25, -0.2) is 15.0 Å². The van der Waals surface area contributed by atoms with E-state index in [-0.39, 0.29) is 11.2 Å². The van der Waals surface area contributed by atoms with Crippen molar-refractivity contribution in [3.8, 4) is 11.5 Å². The summed E-state index contributed by atoms with van der Waals surface area (Å²) >= 11 is 7.52. The summed E-state index contributed by atoms with van der Waals surface area (Å²) in [5.74, 6) is 0.742. The molecule has 10 heteroatoms. The van der Waals surface area contributed by atoms with E-state index in [1.165, 1.54) is 32.3 Å². The molecule has 0 spiro atoms. The van der Waals surface area contributed by atoms with Gasteiger partial charge in [0.1, 0.15) is 28.4 Å². The van der Waals surface area contributed by atoms with Gasteiger partial charge in [0.2, 0.25) is 5.91 Å². The second kappa shape index (κ2) is 8.45. The maximum atomic E-state index is 12.8. The number of ether oxygens (including phenoxy) is 2. The Morgan fingerprint density at radius 3 is 2.74 bits per heavy atom. The molecule has 2 aromatic heterocycles. The van der Waals surface area contributed by atoms with Crippen LogP contribution in [-0.4, -0.2) is 45.3 Å². The number of carbonyl (C=O) groups excluding carboxylic acids is 1. The molecule has 142 valence electrons. The topological polar surface area (TPSA) is 102 Å². The molecule has 0 aliphatic heterocycles. The van der Waals surface area contributed by atoms with Crippen LogP contribution >= 0.6 is 23.4 Å². The maximum absolute atomic E-state index is 12.8. The van der Waals surface area contributed by atoms with Gasteiger partial charge in [0.15, 0.2) is 5.65 Å². The Morgan fingerprint density at radius 1 is 1.26 bits per heavy atom. The third kappa shape index (κ3) is 4.09. The lowest BCUT2D eigenvalue weighted by Crippen LogP contribution is -2.25. The highest BCUT2D eigenvalue weighted by atomic mass is 35.5. The lowest BCUT2D eigenvalue weighted by Gasteiger charge is -2.17. The lowest BCUT2D eigenvalue weighted by molar-refractivity contribution is -0.115. The van der Waals surface area contributed by atoms with Crippen LogP contribution in [0.15, 0.2) is 29.8 Å². The van der Waals surface area contributed by atoms with Gasteiger partial charge >= 0.3 is 0 Å². The van der Waals surface area contributed by atoms with E-state index in [1.54, 1.807) is 18.5 Å². The fraction of sp³-hybridized carbons (Fsp3) is 0.294. The summed E-state index contributed by atoms with van der Waals surface area (Å²) in [4.78, 5) is 28.3. The molecule has 0 saturated heterocycles. The van der Waals surface area contributed by atoms with Gasteiger partial charge in [-0.15, -0.1) is 0 Å². The number of nitrogens with zero attached hydrogens (tertiary/aromatic N) is 3. The number of rotatable bonds is 7. The van der Waals surface area contributed by atoms with Gasteiger partial charge in [0.25, 0.3) is 0 Å². The van der Waals surface area contributed by atoms with Crippen LogP contribution in [0.3, 0.4) is 0 Å². The van der Waals surface area contributed by atoms with E-state index in [1.807, 2.05) is 6.92 Å². The molecule has 0 bridgehead atoms. The van der Waals surface area contributed by atoms with Crippen molar-refractivity contribution in [1.82, 2.24) is 19.9 Å². The van der Waals surface area contributed by atoms with E-state index >= 15 is 0 Å². The monoisotopic (exact) mass is 407 g/mol. The van der Waals surface area contributed by atoms with Crippen LogP contribution in [-0.2, 0) is 4.79 Å². The van der Waals surface area contributed by atoms with E-state index in [0.29, 0.717) is 44.8 Å². The number of fused-ring (bicyclic) bond motifs is 1. The molecular formula is C17H18ClN5O3S. The maximum Gasteiger partial charge on any atom is 0.238 e. The van der Waals surface area contributed by atoms with Gasteiger partial charge in [-0.2, -0.15) is 0 Å². The molecule has 2 heterocycles. The average Bonchev–Trinajstić information content (AvgIpc) is 3.15. The standard InChI is InChI=1S/C17H18ClN5O3S/c1-4-13(27-17-14-15(20-7-19-14)21-8-22-17)16(24)23-10-5-9(18)11(25-2)6-12(10)26-3/h5-8,13H,4H2,1-3H3,(H,23,24)(H,19,20,21,22)/t13-/m0/s1. The minimum absolute atomic E-state index is 0.187. The third-order valence-corrected chi connectivity index (χ3v) is 5.50. The number of H-pyrrole nitrogens is 1. The molecule has 8 nitrogen and oxygen atoms in total. The molecule has 1 atom stereocenters. The Hall–Kier alpha value is -2.52. The Labute approximate surface area is 165 Å². The number of aromatic amines is 1. The predicted molar refractivity (Wildman–Crippen MR) is 105 cm³/mol. The number of methoxy groups -OCH3 is 2. The Kier molecular flexibility index (Phi) is 6.02. The van der Waals surface area contributed by atoms with Gasteiger partial charge in [-0.05, 0) is 12.5 Å². The van der Waals surface area contributed by atoms with Crippen LogP contribution in [0.1, 0.15) is 13.3 Å².